The minimum Gasteiger partial charge on any atom is -0.466 e. The Bertz CT molecular complexity index is 966. The molecule has 0 heterocycles. The van der Waals surface area contributed by atoms with Gasteiger partial charge in [0, 0.05) is 12.8 Å². The van der Waals surface area contributed by atoms with Gasteiger partial charge in [0.25, 0.3) is 0 Å². The first kappa shape index (κ1) is 60.3. The second-order valence-corrected chi connectivity index (χ2v) is 18.9. The summed E-state index contributed by atoms with van der Waals surface area (Å²) in [6, 6.07) is -0.649. The van der Waals surface area contributed by atoms with Crippen LogP contribution in [-0.2, 0) is 14.3 Å². The average Bonchev–Trinajstić information content (AvgIpc) is 3.27. The van der Waals surface area contributed by atoms with E-state index in [9.17, 15) is 19.8 Å². The van der Waals surface area contributed by atoms with Gasteiger partial charge in [-0.25, -0.2) is 0 Å². The minimum absolute atomic E-state index is 0.0353. The van der Waals surface area contributed by atoms with Crippen molar-refractivity contribution in [2.45, 2.75) is 309 Å². The van der Waals surface area contributed by atoms with Crippen LogP contribution >= 0.6 is 0 Å². The highest BCUT2D eigenvalue weighted by atomic mass is 16.5. The van der Waals surface area contributed by atoms with E-state index >= 15 is 0 Å². The van der Waals surface area contributed by atoms with E-state index in [1.54, 1.807) is 6.08 Å². The summed E-state index contributed by atoms with van der Waals surface area (Å²) in [4.78, 5) is 24.5. The fourth-order valence-corrected chi connectivity index (χ4v) is 8.45. The number of esters is 1. The smallest absolute Gasteiger partial charge is 0.305 e. The van der Waals surface area contributed by atoms with Crippen LogP contribution in [0.4, 0.5) is 0 Å². The lowest BCUT2D eigenvalue weighted by molar-refractivity contribution is -0.143. The minimum atomic E-state index is -0.863. The summed E-state index contributed by atoms with van der Waals surface area (Å²) in [7, 11) is 0. The third kappa shape index (κ3) is 47.8. The molecule has 62 heavy (non-hydrogen) atoms. The van der Waals surface area contributed by atoms with Gasteiger partial charge in [-0.1, -0.05) is 250 Å². The second-order valence-electron chi connectivity index (χ2n) is 18.9. The zero-order valence-corrected chi connectivity index (χ0v) is 41.6. The Hall–Kier alpha value is -1.66. The molecule has 0 fully saturated rings. The number of rotatable bonds is 51. The molecule has 0 aliphatic heterocycles. The highest BCUT2D eigenvalue weighted by Gasteiger charge is 2.18. The number of allylic oxidation sites excluding steroid dienone is 3. The van der Waals surface area contributed by atoms with Crippen LogP contribution in [0.3, 0.4) is 0 Å². The molecule has 0 aromatic heterocycles. The van der Waals surface area contributed by atoms with Crippen LogP contribution in [0.25, 0.3) is 0 Å². The molecule has 6 heteroatoms. The van der Waals surface area contributed by atoms with Gasteiger partial charge in [0.2, 0.25) is 5.91 Å². The van der Waals surface area contributed by atoms with Gasteiger partial charge < -0.3 is 20.3 Å². The summed E-state index contributed by atoms with van der Waals surface area (Å²) in [5.41, 5.74) is 0. The first-order valence-electron chi connectivity index (χ1n) is 27.6. The van der Waals surface area contributed by atoms with Gasteiger partial charge in [-0.15, -0.1) is 0 Å². The molecule has 0 spiro atoms. The number of hydrogen-bond acceptors (Lipinski definition) is 5. The molecule has 0 aromatic rings. The van der Waals surface area contributed by atoms with Crippen LogP contribution in [-0.4, -0.2) is 47.4 Å². The van der Waals surface area contributed by atoms with E-state index in [1.165, 1.54) is 212 Å². The number of unbranched alkanes of at least 4 members (excludes halogenated alkanes) is 38. The van der Waals surface area contributed by atoms with E-state index in [2.05, 4.69) is 31.3 Å². The molecule has 2 atom stereocenters. The predicted molar refractivity (Wildman–Crippen MR) is 269 cm³/mol. The maximum absolute atomic E-state index is 12.5. The molecule has 366 valence electrons. The standard InChI is InChI=1S/C56H107NO5/c1-3-5-7-9-11-13-15-17-19-20-21-22-23-24-25-26-27-29-32-36-40-44-48-54(59)53(52-58)57-55(60)49-45-41-37-33-31-35-39-43-47-51-62-56(61)50-46-42-38-34-30-28-18-16-14-12-10-8-6-4-2/h16,18,44,48,53-54,58-59H,3-15,17,19-43,45-47,49-52H2,1-2H3,(H,57,60)/b18-16-,48-44+. The Morgan fingerprint density at radius 1 is 0.435 bits per heavy atom. The number of aliphatic hydroxyl groups is 2. The molecule has 0 bridgehead atoms. The summed E-state index contributed by atoms with van der Waals surface area (Å²) in [6.07, 6.45) is 61.9. The van der Waals surface area contributed by atoms with Crippen LogP contribution in [0, 0.1) is 0 Å². The molecule has 3 N–H and O–H groups in total. The Morgan fingerprint density at radius 3 is 1.15 bits per heavy atom. The van der Waals surface area contributed by atoms with Gasteiger partial charge in [0.15, 0.2) is 0 Å². The number of amides is 1. The van der Waals surface area contributed by atoms with E-state index in [4.69, 9.17) is 4.74 Å². The number of aliphatic hydroxyl groups excluding tert-OH is 2. The maximum atomic E-state index is 12.5. The van der Waals surface area contributed by atoms with Crippen LogP contribution < -0.4 is 5.32 Å². The van der Waals surface area contributed by atoms with Crippen molar-refractivity contribution < 1.29 is 24.5 Å². The number of carbonyl (C=O) groups excluding carboxylic acids is 2. The summed E-state index contributed by atoms with van der Waals surface area (Å²) >= 11 is 0. The second kappa shape index (κ2) is 52.0. The fourth-order valence-electron chi connectivity index (χ4n) is 8.45. The molecule has 0 saturated heterocycles. The lowest BCUT2D eigenvalue weighted by atomic mass is 10.0. The van der Waals surface area contributed by atoms with Crippen LogP contribution in [0.15, 0.2) is 24.3 Å². The number of ether oxygens (including phenoxy) is 1. The third-order valence-corrected chi connectivity index (χ3v) is 12.7. The van der Waals surface area contributed by atoms with E-state index in [1.807, 2.05) is 6.08 Å². The van der Waals surface area contributed by atoms with Crippen LogP contribution in [0.1, 0.15) is 296 Å². The van der Waals surface area contributed by atoms with E-state index in [0.717, 1.165) is 57.8 Å². The maximum Gasteiger partial charge on any atom is 0.305 e. The van der Waals surface area contributed by atoms with Gasteiger partial charge in [-0.2, -0.15) is 0 Å². The van der Waals surface area contributed by atoms with Crippen molar-refractivity contribution in [1.82, 2.24) is 5.32 Å². The molecular weight excluding hydrogens is 767 g/mol. The topological polar surface area (TPSA) is 95.9 Å². The van der Waals surface area contributed by atoms with Crippen molar-refractivity contribution in [3.63, 3.8) is 0 Å². The molecule has 0 aromatic carbocycles. The number of hydrogen-bond donors (Lipinski definition) is 3. The van der Waals surface area contributed by atoms with Crippen molar-refractivity contribution in [3.05, 3.63) is 24.3 Å². The molecular formula is C56H107NO5. The van der Waals surface area contributed by atoms with Gasteiger partial charge in [-0.3, -0.25) is 9.59 Å². The molecule has 0 rings (SSSR count). The summed E-state index contributed by atoms with van der Waals surface area (Å²) in [6.45, 7) is 4.84. The normalized spacial score (nSPS) is 12.8. The van der Waals surface area contributed by atoms with Gasteiger partial charge in [0.05, 0.1) is 25.4 Å². The number of carbonyl (C=O) groups is 2. The Labute approximate surface area is 386 Å². The van der Waals surface area contributed by atoms with E-state index in [-0.39, 0.29) is 18.5 Å². The summed E-state index contributed by atoms with van der Waals surface area (Å²) < 4.78 is 5.45. The van der Waals surface area contributed by atoms with Crippen molar-refractivity contribution in [2.75, 3.05) is 13.2 Å². The highest BCUT2D eigenvalue weighted by Crippen LogP contribution is 2.16. The Morgan fingerprint density at radius 2 is 0.758 bits per heavy atom. The molecule has 0 aliphatic carbocycles. The molecule has 0 radical (unpaired) electrons. The van der Waals surface area contributed by atoms with Gasteiger partial charge in [0.1, 0.15) is 0 Å². The summed E-state index contributed by atoms with van der Waals surface area (Å²) in [5.74, 6) is -0.129. The zero-order chi connectivity index (χ0) is 45.1. The lowest BCUT2D eigenvalue weighted by Crippen LogP contribution is -2.45. The quantitative estimate of drug-likeness (QED) is 0.0321. The van der Waals surface area contributed by atoms with Crippen molar-refractivity contribution in [2.24, 2.45) is 0 Å². The molecule has 0 aliphatic rings. The largest absolute Gasteiger partial charge is 0.466 e. The monoisotopic (exact) mass is 874 g/mol. The van der Waals surface area contributed by atoms with Crippen molar-refractivity contribution in [1.29, 1.82) is 0 Å². The fraction of sp³-hybridized carbons (Fsp3) is 0.893. The molecule has 2 unspecified atom stereocenters. The molecule has 0 saturated carbocycles. The van der Waals surface area contributed by atoms with Gasteiger partial charge >= 0.3 is 5.97 Å². The first-order valence-corrected chi connectivity index (χ1v) is 27.6. The highest BCUT2D eigenvalue weighted by molar-refractivity contribution is 5.76. The van der Waals surface area contributed by atoms with E-state index < -0.39 is 12.1 Å². The van der Waals surface area contributed by atoms with Crippen LogP contribution in [0.5, 0.6) is 0 Å². The summed E-state index contributed by atoms with van der Waals surface area (Å²) in [5, 5.41) is 23.1. The molecule has 6 nitrogen and oxygen atoms in total. The predicted octanol–water partition coefficient (Wildman–Crippen LogP) is 16.7. The van der Waals surface area contributed by atoms with Crippen molar-refractivity contribution >= 4 is 11.9 Å². The zero-order valence-electron chi connectivity index (χ0n) is 41.6. The Kier molecular flexibility index (Phi) is 50.6. The third-order valence-electron chi connectivity index (χ3n) is 12.7. The van der Waals surface area contributed by atoms with Crippen LogP contribution in [0.2, 0.25) is 0 Å². The van der Waals surface area contributed by atoms with Gasteiger partial charge in [-0.05, 0) is 57.8 Å². The average molecular weight is 874 g/mol. The number of nitrogens with one attached hydrogen (secondary N) is 1. The SMILES string of the molecule is CCCCCCC/C=C\CCCCCCCC(=O)OCCCCCCCCCCCC(=O)NC(CO)C(O)/C=C/CCCCCCCCCCCCCCCCCCCCCC. The first-order chi connectivity index (χ1) is 30.5. The lowest BCUT2D eigenvalue weighted by Gasteiger charge is -2.20. The molecule has 1 amide bonds. The van der Waals surface area contributed by atoms with E-state index in [0.29, 0.717) is 19.4 Å². The Balaban J connectivity index is 3.52. The van der Waals surface area contributed by atoms with Crippen molar-refractivity contribution in [3.8, 4) is 0 Å².